The van der Waals surface area contributed by atoms with E-state index in [1.165, 1.54) is 6.33 Å². The highest BCUT2D eigenvalue weighted by atomic mass is 79.9. The summed E-state index contributed by atoms with van der Waals surface area (Å²) >= 11 is 3.27. The van der Waals surface area contributed by atoms with Crippen LogP contribution in [-0.2, 0) is 11.3 Å². The summed E-state index contributed by atoms with van der Waals surface area (Å²) in [5.74, 6) is -2.43. The Morgan fingerprint density at radius 1 is 1.30 bits per heavy atom. The Kier molecular flexibility index (Phi) is 5.28. The molecule has 0 fully saturated rings. The smallest absolute Gasteiger partial charge is 0.261 e. The number of benzene rings is 2. The molecule has 0 aliphatic carbocycles. The highest BCUT2D eigenvalue weighted by Gasteiger charge is 2.19. The van der Waals surface area contributed by atoms with Crippen molar-refractivity contribution in [1.29, 1.82) is 5.26 Å². The molecule has 1 atom stereocenters. The Labute approximate surface area is 160 Å². The summed E-state index contributed by atoms with van der Waals surface area (Å²) in [5.41, 5.74) is -0.124. The Balaban J connectivity index is 1.83. The van der Waals surface area contributed by atoms with Crippen molar-refractivity contribution < 1.29 is 13.6 Å². The number of amides is 1. The SMILES string of the molecule is N#CC(NC(=O)Cn1cnc2ccc(Br)cc2c1=O)c1ccc(F)cc1F. The van der Waals surface area contributed by atoms with Gasteiger partial charge in [-0.1, -0.05) is 22.0 Å². The normalized spacial score (nSPS) is 11.8. The first-order valence-electron chi connectivity index (χ1n) is 7.67. The molecule has 0 bridgehead atoms. The second kappa shape index (κ2) is 7.63. The van der Waals surface area contributed by atoms with Crippen LogP contribution < -0.4 is 10.9 Å². The standard InChI is InChI=1S/C18H11BrF2N4O2/c19-10-1-4-15-13(5-10)18(27)25(9-23-15)8-17(26)24-16(7-22)12-3-2-11(20)6-14(12)21/h1-6,9,16H,8H2,(H,24,26). The molecule has 0 aliphatic rings. The lowest BCUT2D eigenvalue weighted by atomic mass is 10.1. The van der Waals surface area contributed by atoms with Crippen molar-refractivity contribution in [2.75, 3.05) is 0 Å². The number of aromatic nitrogens is 2. The van der Waals surface area contributed by atoms with Crippen LogP contribution in [0.1, 0.15) is 11.6 Å². The first-order chi connectivity index (χ1) is 12.9. The molecule has 1 unspecified atom stereocenters. The monoisotopic (exact) mass is 432 g/mol. The number of hydrogen-bond donors (Lipinski definition) is 1. The number of carbonyl (C=O) groups is 1. The molecule has 136 valence electrons. The van der Waals surface area contributed by atoms with Crippen molar-refractivity contribution in [3.63, 3.8) is 0 Å². The second-order valence-electron chi connectivity index (χ2n) is 5.63. The summed E-state index contributed by atoms with van der Waals surface area (Å²) in [5, 5.41) is 11.8. The Bertz CT molecular complexity index is 1140. The minimum absolute atomic E-state index is 0.167. The van der Waals surface area contributed by atoms with Gasteiger partial charge in [0.15, 0.2) is 0 Å². The molecule has 0 radical (unpaired) electrons. The highest BCUT2D eigenvalue weighted by molar-refractivity contribution is 9.10. The highest BCUT2D eigenvalue weighted by Crippen LogP contribution is 2.18. The third-order valence-electron chi connectivity index (χ3n) is 3.81. The van der Waals surface area contributed by atoms with Gasteiger partial charge in [0.05, 0.1) is 23.3 Å². The van der Waals surface area contributed by atoms with Gasteiger partial charge in [-0.2, -0.15) is 5.26 Å². The van der Waals surface area contributed by atoms with E-state index in [-0.39, 0.29) is 5.56 Å². The van der Waals surface area contributed by atoms with E-state index in [2.05, 4.69) is 26.2 Å². The van der Waals surface area contributed by atoms with Crippen molar-refractivity contribution >= 4 is 32.7 Å². The van der Waals surface area contributed by atoms with E-state index in [9.17, 15) is 23.6 Å². The van der Waals surface area contributed by atoms with E-state index in [1.54, 1.807) is 24.3 Å². The Morgan fingerprint density at radius 2 is 2.07 bits per heavy atom. The average molecular weight is 433 g/mol. The van der Waals surface area contributed by atoms with Crippen LogP contribution >= 0.6 is 15.9 Å². The topological polar surface area (TPSA) is 87.8 Å². The quantitative estimate of drug-likeness (QED) is 0.686. The van der Waals surface area contributed by atoms with Gasteiger partial charge >= 0.3 is 0 Å². The molecule has 0 aliphatic heterocycles. The van der Waals surface area contributed by atoms with Crippen molar-refractivity contribution in [2.45, 2.75) is 12.6 Å². The minimum atomic E-state index is -1.32. The number of nitrogens with zero attached hydrogens (tertiary/aromatic N) is 3. The number of nitrogens with one attached hydrogen (secondary N) is 1. The zero-order valence-corrected chi connectivity index (χ0v) is 15.2. The molecule has 3 aromatic rings. The fourth-order valence-electron chi connectivity index (χ4n) is 2.52. The summed E-state index contributed by atoms with van der Waals surface area (Å²) in [6, 6.07) is 8.11. The Hall–Kier alpha value is -3.12. The van der Waals surface area contributed by atoms with Crippen LogP contribution in [0.2, 0.25) is 0 Å². The van der Waals surface area contributed by atoms with Crippen molar-refractivity contribution in [1.82, 2.24) is 14.9 Å². The van der Waals surface area contributed by atoms with Gasteiger partial charge in [0.2, 0.25) is 5.91 Å². The van der Waals surface area contributed by atoms with Gasteiger partial charge in [-0.3, -0.25) is 14.2 Å². The summed E-state index contributed by atoms with van der Waals surface area (Å²) in [4.78, 5) is 28.8. The molecule has 1 aromatic heterocycles. The van der Waals surface area contributed by atoms with Crippen LogP contribution in [0.15, 0.2) is 52.0 Å². The maximum Gasteiger partial charge on any atom is 0.261 e. The van der Waals surface area contributed by atoms with E-state index in [1.807, 2.05) is 0 Å². The molecule has 0 spiro atoms. The lowest BCUT2D eigenvalue weighted by Gasteiger charge is -2.13. The second-order valence-corrected chi connectivity index (χ2v) is 6.55. The fraction of sp³-hybridized carbons (Fsp3) is 0.111. The Morgan fingerprint density at radius 3 is 2.78 bits per heavy atom. The maximum absolute atomic E-state index is 13.8. The first kappa shape index (κ1) is 18.7. The van der Waals surface area contributed by atoms with Gasteiger partial charge in [0, 0.05) is 16.1 Å². The van der Waals surface area contributed by atoms with E-state index in [0.717, 1.165) is 16.7 Å². The van der Waals surface area contributed by atoms with Crippen molar-refractivity contribution in [2.24, 2.45) is 0 Å². The van der Waals surface area contributed by atoms with Crippen molar-refractivity contribution in [3.8, 4) is 6.07 Å². The van der Waals surface area contributed by atoms with E-state index >= 15 is 0 Å². The van der Waals surface area contributed by atoms with Crippen LogP contribution in [0.3, 0.4) is 0 Å². The van der Waals surface area contributed by atoms with E-state index in [0.29, 0.717) is 21.4 Å². The molecule has 1 heterocycles. The summed E-state index contributed by atoms with van der Waals surface area (Å²) in [6.45, 7) is -0.407. The number of hydrogen-bond acceptors (Lipinski definition) is 4. The molecule has 9 heteroatoms. The molecule has 2 aromatic carbocycles. The van der Waals surface area contributed by atoms with Gasteiger partial charge in [0.1, 0.15) is 24.2 Å². The van der Waals surface area contributed by atoms with E-state index < -0.39 is 35.7 Å². The molecule has 27 heavy (non-hydrogen) atoms. The van der Waals surface area contributed by atoms with Crippen LogP contribution in [0.25, 0.3) is 10.9 Å². The number of halogens is 3. The minimum Gasteiger partial charge on any atom is -0.335 e. The molecule has 0 saturated carbocycles. The molecule has 6 nitrogen and oxygen atoms in total. The lowest BCUT2D eigenvalue weighted by molar-refractivity contribution is -0.122. The number of nitriles is 1. The van der Waals surface area contributed by atoms with Gasteiger partial charge in [0.25, 0.3) is 5.56 Å². The fourth-order valence-corrected chi connectivity index (χ4v) is 2.88. The zero-order valence-electron chi connectivity index (χ0n) is 13.6. The molecule has 0 saturated heterocycles. The largest absolute Gasteiger partial charge is 0.335 e. The van der Waals surface area contributed by atoms with Crippen molar-refractivity contribution in [3.05, 3.63) is 74.7 Å². The maximum atomic E-state index is 13.8. The van der Waals surface area contributed by atoms with E-state index in [4.69, 9.17) is 0 Å². The predicted octanol–water partition coefficient (Wildman–Crippen LogP) is 2.82. The molecule has 1 N–H and O–H groups in total. The molecule has 1 amide bonds. The van der Waals surface area contributed by atoms with Crippen LogP contribution in [0.4, 0.5) is 8.78 Å². The number of carbonyl (C=O) groups excluding carboxylic acids is 1. The number of fused-ring (bicyclic) bond motifs is 1. The first-order valence-corrected chi connectivity index (χ1v) is 8.47. The summed E-state index contributed by atoms with van der Waals surface area (Å²) in [6.07, 6.45) is 1.22. The van der Waals surface area contributed by atoms with Gasteiger partial charge in [-0.15, -0.1) is 0 Å². The zero-order chi connectivity index (χ0) is 19.6. The van der Waals surface area contributed by atoms with Gasteiger partial charge in [-0.25, -0.2) is 13.8 Å². The van der Waals surface area contributed by atoms with Crippen LogP contribution in [0, 0.1) is 23.0 Å². The summed E-state index contributed by atoms with van der Waals surface area (Å²) in [7, 11) is 0. The van der Waals surface area contributed by atoms with Crippen LogP contribution in [-0.4, -0.2) is 15.5 Å². The lowest BCUT2D eigenvalue weighted by Crippen LogP contribution is -2.34. The van der Waals surface area contributed by atoms with Gasteiger partial charge < -0.3 is 5.32 Å². The number of rotatable bonds is 4. The van der Waals surface area contributed by atoms with Gasteiger partial charge in [-0.05, 0) is 24.3 Å². The average Bonchev–Trinajstić information content (AvgIpc) is 2.63. The third-order valence-corrected chi connectivity index (χ3v) is 4.30. The summed E-state index contributed by atoms with van der Waals surface area (Å²) < 4.78 is 28.6. The predicted molar refractivity (Wildman–Crippen MR) is 96.6 cm³/mol. The molecular formula is C18H11BrF2N4O2. The molecule has 3 rings (SSSR count). The third kappa shape index (κ3) is 4.01. The van der Waals surface area contributed by atoms with Crippen LogP contribution in [0.5, 0.6) is 0 Å². The molecular weight excluding hydrogens is 422 g/mol.